The van der Waals surface area contributed by atoms with E-state index in [9.17, 15) is 0 Å². The highest BCUT2D eigenvalue weighted by Crippen LogP contribution is 2.67. The number of hydrogen-bond donors (Lipinski definition) is 0. The molecular formula is C99H88. The van der Waals surface area contributed by atoms with Crippen LogP contribution in [0.15, 0.2) is 206 Å². The van der Waals surface area contributed by atoms with Gasteiger partial charge in [0.1, 0.15) is 0 Å². The van der Waals surface area contributed by atoms with Crippen molar-refractivity contribution < 1.29 is 0 Å². The van der Waals surface area contributed by atoms with E-state index in [4.69, 9.17) is 0 Å². The molecule has 6 aliphatic carbocycles. The fraction of sp³-hybridized carbons (Fsp3) is 0.253. The lowest BCUT2D eigenvalue weighted by Crippen LogP contribution is -2.19. The molecule has 19 rings (SSSR count). The summed E-state index contributed by atoms with van der Waals surface area (Å²) in [6.07, 6.45) is 0. The molecule has 0 radical (unpaired) electrons. The van der Waals surface area contributed by atoms with Gasteiger partial charge in [0.15, 0.2) is 0 Å². The molecule has 0 amide bonds. The monoisotopic (exact) mass is 1280 g/mol. The molecule has 0 aromatic heterocycles. The van der Waals surface area contributed by atoms with Crippen LogP contribution in [0.5, 0.6) is 0 Å². The third-order valence-electron chi connectivity index (χ3n) is 25.3. The van der Waals surface area contributed by atoms with Gasteiger partial charge in [-0.3, -0.25) is 0 Å². The Morgan fingerprint density at radius 2 is 0.535 bits per heavy atom. The summed E-state index contributed by atoms with van der Waals surface area (Å²) in [6.45, 7) is 43.4. The van der Waals surface area contributed by atoms with E-state index in [2.05, 4.69) is 331 Å². The third-order valence-corrected chi connectivity index (χ3v) is 25.3. The Kier molecular flexibility index (Phi) is 11.9. The molecule has 484 valence electrons. The molecule has 0 atom stereocenters. The van der Waals surface area contributed by atoms with Crippen molar-refractivity contribution in [3.05, 3.63) is 273 Å². The molecule has 0 bridgehead atoms. The molecule has 99 heavy (non-hydrogen) atoms. The van der Waals surface area contributed by atoms with E-state index in [1.807, 2.05) is 0 Å². The molecule has 0 saturated heterocycles. The summed E-state index contributed by atoms with van der Waals surface area (Å²) in [7, 11) is 0. The lowest BCUT2D eigenvalue weighted by atomic mass is 9.75. The van der Waals surface area contributed by atoms with Crippen LogP contribution in [0.4, 0.5) is 0 Å². The Morgan fingerprint density at radius 3 is 0.970 bits per heavy atom. The maximum absolute atomic E-state index is 2.61. The molecule has 0 heterocycles. The van der Waals surface area contributed by atoms with E-state index in [1.54, 1.807) is 0 Å². The van der Waals surface area contributed by atoms with Gasteiger partial charge >= 0.3 is 0 Å². The van der Waals surface area contributed by atoms with Crippen molar-refractivity contribution >= 4 is 21.5 Å². The van der Waals surface area contributed by atoms with Crippen LogP contribution in [0, 0.1) is 6.92 Å². The maximum Gasteiger partial charge on any atom is 0.0159 e. The SMILES string of the molecule is Cc1ccc2c(c1)C(C)(C)c1cc(C(C)(C)C)cc(-c3ccc(-c4cc(C(C)(C)C)cc5c4-c4ccc(C(C)(C)C)cc4C5(C)C)c4c3-c3ccc5c6c(ccc-4c36)-c3c-5c(-c4ccc5c(c4)C(C)(C)c4ccccc4-5)c4ccccc4c3-c3ccc4c(c3)C(C)(C)c3ccccc3-4)c1-2. The van der Waals surface area contributed by atoms with Gasteiger partial charge in [-0.2, -0.15) is 0 Å². The predicted molar refractivity (Wildman–Crippen MR) is 423 cm³/mol. The highest BCUT2D eigenvalue weighted by Gasteiger charge is 2.45. The van der Waals surface area contributed by atoms with Crippen LogP contribution in [-0.4, -0.2) is 0 Å². The van der Waals surface area contributed by atoms with Gasteiger partial charge in [-0.05, 0) is 264 Å². The summed E-state index contributed by atoms with van der Waals surface area (Å²) in [6, 6.07) is 83.1. The molecule has 0 spiro atoms. The zero-order valence-electron chi connectivity index (χ0n) is 61.1. The van der Waals surface area contributed by atoms with E-state index >= 15 is 0 Å². The standard InChI is InChI=1S/C99H88/c1-53-31-35-67-77(45-53)98(15,16)81-51-57(94(5,6)7)48-73(85(67)81)65-39-40-66(74-49-58(95(8,9)10)52-82-86(74)68-38-34-56(93(2,3)4)50-80(68)99(82,17)18)88-70-42-44-72-90-71(43-41-69(87(65)88)89(70)90)91-83(54-32-36-61-59-25-21-23-29-75(59)96(11,12)78(61)46-54)63-27-19-20-28-64(63)84(92(72)91)55-33-37-62-60-26-22-24-30-76(60)97(13,14)79(62)47-55/h19-52H,1-18H3. The van der Waals surface area contributed by atoms with Gasteiger partial charge in [0.05, 0.1) is 0 Å². The molecule has 13 aromatic carbocycles. The molecule has 0 aliphatic heterocycles. The van der Waals surface area contributed by atoms with Crippen LogP contribution in [0.3, 0.4) is 0 Å². The van der Waals surface area contributed by atoms with Crippen molar-refractivity contribution in [3.8, 4) is 134 Å². The van der Waals surface area contributed by atoms with Gasteiger partial charge in [0, 0.05) is 21.7 Å². The zero-order valence-corrected chi connectivity index (χ0v) is 61.1. The van der Waals surface area contributed by atoms with Crippen molar-refractivity contribution in [3.63, 3.8) is 0 Å². The Bertz CT molecular complexity index is 5730. The fourth-order valence-electron chi connectivity index (χ4n) is 19.8. The molecule has 0 nitrogen and oxygen atoms in total. The molecule has 0 fully saturated rings. The first-order chi connectivity index (χ1) is 46.9. The van der Waals surface area contributed by atoms with Gasteiger partial charge in [-0.1, -0.05) is 305 Å². The largest absolute Gasteiger partial charge is 0.0619 e. The second-order valence-electron chi connectivity index (χ2n) is 35.6. The van der Waals surface area contributed by atoms with Crippen LogP contribution in [0.25, 0.3) is 155 Å². The quantitative estimate of drug-likeness (QED) is 0.165. The highest BCUT2D eigenvalue weighted by atomic mass is 14.5. The normalized spacial score (nSPS) is 15.9. The fourth-order valence-corrected chi connectivity index (χ4v) is 19.8. The average molecular weight is 1280 g/mol. The van der Waals surface area contributed by atoms with Crippen molar-refractivity contribution in [1.82, 2.24) is 0 Å². The lowest BCUT2D eigenvalue weighted by Gasteiger charge is -2.28. The van der Waals surface area contributed by atoms with Crippen molar-refractivity contribution in [1.29, 1.82) is 0 Å². The van der Waals surface area contributed by atoms with Gasteiger partial charge in [-0.15, -0.1) is 0 Å². The summed E-state index contributed by atoms with van der Waals surface area (Å²) < 4.78 is 0. The second-order valence-corrected chi connectivity index (χ2v) is 35.6. The summed E-state index contributed by atoms with van der Waals surface area (Å²) in [5.41, 5.74) is 47.6. The smallest absolute Gasteiger partial charge is 0.0159 e. The van der Waals surface area contributed by atoms with Crippen LogP contribution in [-0.2, 0) is 37.9 Å². The second kappa shape index (κ2) is 19.4. The van der Waals surface area contributed by atoms with Crippen LogP contribution in [0.1, 0.15) is 184 Å². The Morgan fingerprint density at radius 1 is 0.212 bits per heavy atom. The van der Waals surface area contributed by atoms with E-state index < -0.39 is 0 Å². The van der Waals surface area contributed by atoms with Crippen LogP contribution < -0.4 is 0 Å². The lowest BCUT2D eigenvalue weighted by molar-refractivity contribution is 0.580. The molecule has 6 aliphatic rings. The molecule has 0 saturated carbocycles. The first kappa shape index (κ1) is 60.5. The van der Waals surface area contributed by atoms with Crippen LogP contribution in [0.2, 0.25) is 0 Å². The number of benzene rings is 13. The van der Waals surface area contributed by atoms with E-state index in [1.165, 1.54) is 222 Å². The summed E-state index contributed by atoms with van der Waals surface area (Å²) in [5, 5.41) is 5.29. The number of fused-ring (bicyclic) bond motifs is 19. The minimum Gasteiger partial charge on any atom is -0.0619 e. The van der Waals surface area contributed by atoms with E-state index in [0.29, 0.717) is 0 Å². The third kappa shape index (κ3) is 7.93. The van der Waals surface area contributed by atoms with E-state index in [-0.39, 0.29) is 37.9 Å². The maximum atomic E-state index is 2.61. The number of hydrogen-bond acceptors (Lipinski definition) is 0. The summed E-state index contributed by atoms with van der Waals surface area (Å²) in [5.74, 6) is 0. The van der Waals surface area contributed by atoms with Gasteiger partial charge in [-0.25, -0.2) is 0 Å². The molecule has 0 N–H and O–H groups in total. The molecular weight excluding hydrogens is 1190 g/mol. The predicted octanol–water partition coefficient (Wildman–Crippen LogP) is 27.4. The molecule has 0 heteroatoms. The number of aryl methyl sites for hydroxylation is 1. The molecule has 13 aromatic rings. The topological polar surface area (TPSA) is 0 Å². The highest BCUT2D eigenvalue weighted by molar-refractivity contribution is 6.34. The first-order valence-electron chi connectivity index (χ1n) is 36.5. The van der Waals surface area contributed by atoms with Gasteiger partial charge < -0.3 is 0 Å². The van der Waals surface area contributed by atoms with E-state index in [0.717, 1.165) is 0 Å². The summed E-state index contributed by atoms with van der Waals surface area (Å²) >= 11 is 0. The Labute approximate surface area is 586 Å². The minimum atomic E-state index is -0.231. The minimum absolute atomic E-state index is 0.00397. The first-order valence-corrected chi connectivity index (χ1v) is 36.5. The van der Waals surface area contributed by atoms with Gasteiger partial charge in [0.2, 0.25) is 0 Å². The zero-order chi connectivity index (χ0) is 68.6. The van der Waals surface area contributed by atoms with Crippen molar-refractivity contribution in [2.75, 3.05) is 0 Å². The summed E-state index contributed by atoms with van der Waals surface area (Å²) in [4.78, 5) is 0. The van der Waals surface area contributed by atoms with Crippen molar-refractivity contribution in [2.24, 2.45) is 0 Å². The Hall–Kier alpha value is -9.62. The Balaban J connectivity index is 0.947. The average Bonchev–Trinajstić information content (AvgIpc) is 1.51. The van der Waals surface area contributed by atoms with Gasteiger partial charge in [0.25, 0.3) is 0 Å². The molecule has 0 unspecified atom stereocenters. The van der Waals surface area contributed by atoms with Crippen molar-refractivity contribution in [2.45, 2.75) is 163 Å². The van der Waals surface area contributed by atoms with Crippen LogP contribution >= 0.6 is 0 Å². The number of rotatable bonds is 4.